The van der Waals surface area contributed by atoms with Gasteiger partial charge < -0.3 is 10.6 Å². The molecular formula is C18H16N4O2. The monoisotopic (exact) mass is 320 g/mol. The fourth-order valence-electron chi connectivity index (χ4n) is 3.10. The van der Waals surface area contributed by atoms with Gasteiger partial charge in [0.15, 0.2) is 0 Å². The van der Waals surface area contributed by atoms with Crippen molar-refractivity contribution in [1.82, 2.24) is 20.2 Å². The lowest BCUT2D eigenvalue weighted by molar-refractivity contribution is -0.121. The van der Waals surface area contributed by atoms with Crippen LogP contribution < -0.4 is 10.6 Å². The Morgan fingerprint density at radius 1 is 1.21 bits per heavy atom. The first-order chi connectivity index (χ1) is 11.7. The molecule has 0 radical (unpaired) electrons. The average molecular weight is 320 g/mol. The van der Waals surface area contributed by atoms with Crippen molar-refractivity contribution in [1.29, 1.82) is 0 Å². The van der Waals surface area contributed by atoms with Crippen molar-refractivity contribution in [2.45, 2.75) is 19.0 Å². The van der Waals surface area contributed by atoms with E-state index in [1.54, 1.807) is 16.8 Å². The zero-order chi connectivity index (χ0) is 16.5. The van der Waals surface area contributed by atoms with Crippen LogP contribution in [0.2, 0.25) is 0 Å². The van der Waals surface area contributed by atoms with E-state index < -0.39 is 0 Å². The topological polar surface area (TPSA) is 75.5 Å². The highest BCUT2D eigenvalue weighted by Crippen LogP contribution is 2.27. The maximum absolute atomic E-state index is 12.3. The first-order valence-electron chi connectivity index (χ1n) is 7.80. The molecule has 120 valence electrons. The lowest BCUT2D eigenvalue weighted by Crippen LogP contribution is -2.28. The van der Waals surface area contributed by atoms with E-state index in [9.17, 15) is 9.59 Å². The highest BCUT2D eigenvalue weighted by Gasteiger charge is 2.29. The van der Waals surface area contributed by atoms with E-state index in [1.165, 1.54) is 0 Å². The van der Waals surface area contributed by atoms with Gasteiger partial charge in [0.1, 0.15) is 0 Å². The molecule has 1 aromatic carbocycles. The van der Waals surface area contributed by atoms with Gasteiger partial charge in [-0.05, 0) is 29.3 Å². The number of hydrogen-bond donors (Lipinski definition) is 2. The zero-order valence-electron chi connectivity index (χ0n) is 12.9. The van der Waals surface area contributed by atoms with Crippen molar-refractivity contribution in [3.8, 4) is 0 Å². The molecule has 4 rings (SSSR count). The van der Waals surface area contributed by atoms with Crippen LogP contribution in [0.5, 0.6) is 0 Å². The lowest BCUT2D eigenvalue weighted by Gasteiger charge is -2.12. The zero-order valence-corrected chi connectivity index (χ0v) is 12.9. The summed E-state index contributed by atoms with van der Waals surface area (Å²) < 4.78 is 1.77. The molecule has 6 heteroatoms. The molecule has 0 saturated carbocycles. The molecule has 3 aromatic rings. The summed E-state index contributed by atoms with van der Waals surface area (Å²) in [5.74, 6) is -0.217. The van der Waals surface area contributed by atoms with Gasteiger partial charge >= 0.3 is 0 Å². The minimum atomic E-state index is -0.264. The van der Waals surface area contributed by atoms with Crippen LogP contribution in [0.4, 0.5) is 0 Å². The maximum atomic E-state index is 12.3. The number of fused-ring (bicyclic) bond motifs is 2. The molecule has 0 aliphatic carbocycles. The normalized spacial score (nSPS) is 16.0. The molecule has 3 heterocycles. The fourth-order valence-corrected chi connectivity index (χ4v) is 3.10. The van der Waals surface area contributed by atoms with Gasteiger partial charge in [-0.25, -0.2) is 4.52 Å². The highest BCUT2D eigenvalue weighted by molar-refractivity contribution is 5.99. The van der Waals surface area contributed by atoms with Gasteiger partial charge in [0.05, 0.1) is 18.0 Å². The Balaban J connectivity index is 1.43. The van der Waals surface area contributed by atoms with Crippen LogP contribution in [0.1, 0.15) is 33.9 Å². The van der Waals surface area contributed by atoms with Gasteiger partial charge in [-0.2, -0.15) is 5.10 Å². The van der Waals surface area contributed by atoms with Crippen LogP contribution in [0.15, 0.2) is 54.9 Å². The Bertz CT molecular complexity index is 931. The number of nitrogens with zero attached hydrogens (tertiary/aromatic N) is 2. The third kappa shape index (κ3) is 2.52. The molecule has 0 saturated heterocycles. The number of nitrogens with one attached hydrogen (secondary N) is 2. The van der Waals surface area contributed by atoms with Crippen molar-refractivity contribution in [3.63, 3.8) is 0 Å². The third-order valence-corrected chi connectivity index (χ3v) is 4.28. The van der Waals surface area contributed by atoms with Crippen LogP contribution >= 0.6 is 0 Å². The van der Waals surface area contributed by atoms with Gasteiger partial charge in [-0.15, -0.1) is 0 Å². The summed E-state index contributed by atoms with van der Waals surface area (Å²) in [5.41, 5.74) is 3.51. The number of carbonyl (C=O) groups excluding carboxylic acids is 2. The highest BCUT2D eigenvalue weighted by atomic mass is 16.2. The van der Waals surface area contributed by atoms with Gasteiger partial charge in [-0.1, -0.05) is 24.3 Å². The van der Waals surface area contributed by atoms with Crippen molar-refractivity contribution >= 4 is 17.3 Å². The Morgan fingerprint density at radius 2 is 2.08 bits per heavy atom. The molecular weight excluding hydrogens is 304 g/mol. The number of hydrogen-bond acceptors (Lipinski definition) is 3. The van der Waals surface area contributed by atoms with E-state index in [0.717, 1.165) is 16.6 Å². The number of rotatable bonds is 4. The predicted molar refractivity (Wildman–Crippen MR) is 88.3 cm³/mol. The first-order valence-corrected chi connectivity index (χ1v) is 7.80. The van der Waals surface area contributed by atoms with Crippen LogP contribution in [-0.2, 0) is 11.3 Å². The molecule has 2 aromatic heterocycles. The molecule has 2 N–H and O–H groups in total. The second kappa shape index (κ2) is 5.81. The van der Waals surface area contributed by atoms with Crippen molar-refractivity contribution in [3.05, 3.63) is 71.5 Å². The summed E-state index contributed by atoms with van der Waals surface area (Å²) in [7, 11) is 0. The Hall–Kier alpha value is -3.15. The van der Waals surface area contributed by atoms with E-state index in [4.69, 9.17) is 0 Å². The van der Waals surface area contributed by atoms with Crippen molar-refractivity contribution in [2.75, 3.05) is 0 Å². The van der Waals surface area contributed by atoms with Crippen molar-refractivity contribution < 1.29 is 9.59 Å². The first kappa shape index (κ1) is 14.4. The number of carbonyl (C=O) groups is 2. The molecule has 2 amide bonds. The van der Waals surface area contributed by atoms with Crippen LogP contribution in [-0.4, -0.2) is 21.4 Å². The van der Waals surface area contributed by atoms with Crippen molar-refractivity contribution in [2.24, 2.45) is 0 Å². The third-order valence-electron chi connectivity index (χ3n) is 4.28. The molecule has 0 fully saturated rings. The Kier molecular flexibility index (Phi) is 3.49. The van der Waals surface area contributed by atoms with E-state index >= 15 is 0 Å². The fraction of sp³-hybridized carbons (Fsp3) is 0.167. The van der Waals surface area contributed by atoms with E-state index in [2.05, 4.69) is 15.7 Å². The largest absolute Gasteiger partial charge is 0.352 e. The summed E-state index contributed by atoms with van der Waals surface area (Å²) in [6.07, 6.45) is 3.82. The smallest absolute Gasteiger partial charge is 0.252 e. The van der Waals surface area contributed by atoms with Crippen LogP contribution in [0, 0.1) is 0 Å². The molecule has 0 bridgehead atoms. The summed E-state index contributed by atoms with van der Waals surface area (Å²) >= 11 is 0. The SMILES string of the molecule is O=C(CC1NC(=O)c2ccccc21)NCc1cccn2nccc12. The number of aromatic nitrogens is 2. The predicted octanol–water partition coefficient (Wildman–Crippen LogP) is 1.83. The second-order valence-electron chi connectivity index (χ2n) is 5.79. The summed E-state index contributed by atoms with van der Waals surface area (Å²) in [4.78, 5) is 24.2. The summed E-state index contributed by atoms with van der Waals surface area (Å²) in [6, 6.07) is 12.9. The minimum absolute atomic E-state index is 0.0986. The van der Waals surface area contributed by atoms with Gasteiger partial charge in [-0.3, -0.25) is 9.59 Å². The summed E-state index contributed by atoms with van der Waals surface area (Å²) in [6.45, 7) is 0.428. The van der Waals surface area contributed by atoms with E-state index in [-0.39, 0.29) is 24.3 Å². The molecule has 1 aliphatic rings. The maximum Gasteiger partial charge on any atom is 0.252 e. The summed E-state index contributed by atoms with van der Waals surface area (Å²) in [5, 5.41) is 9.96. The number of benzene rings is 1. The number of amides is 2. The second-order valence-corrected chi connectivity index (χ2v) is 5.79. The van der Waals surface area contributed by atoms with Gasteiger partial charge in [0.25, 0.3) is 5.91 Å². The van der Waals surface area contributed by atoms with E-state index in [1.807, 2.05) is 42.6 Å². The minimum Gasteiger partial charge on any atom is -0.352 e. The quantitative estimate of drug-likeness (QED) is 0.770. The van der Waals surface area contributed by atoms with Gasteiger partial charge in [0.2, 0.25) is 5.91 Å². The van der Waals surface area contributed by atoms with Gasteiger partial charge in [0, 0.05) is 24.5 Å². The lowest BCUT2D eigenvalue weighted by atomic mass is 10.0. The molecule has 6 nitrogen and oxygen atoms in total. The van der Waals surface area contributed by atoms with E-state index in [0.29, 0.717) is 12.1 Å². The van der Waals surface area contributed by atoms with Crippen LogP contribution in [0.3, 0.4) is 0 Å². The molecule has 0 spiro atoms. The molecule has 1 aliphatic heterocycles. The average Bonchev–Trinajstić information content (AvgIpc) is 3.19. The molecule has 24 heavy (non-hydrogen) atoms. The Morgan fingerprint density at radius 3 is 3.00 bits per heavy atom. The van der Waals surface area contributed by atoms with Crippen LogP contribution in [0.25, 0.3) is 5.52 Å². The Labute approximate surface area is 138 Å². The molecule has 1 unspecified atom stereocenters. The number of pyridine rings is 1. The standard InChI is InChI=1S/C18H16N4O2/c23-17(10-15-13-5-1-2-6-14(13)18(24)21-15)19-11-12-4-3-9-22-16(12)7-8-20-22/h1-9,15H,10-11H2,(H,19,23)(H,21,24). The molecule has 1 atom stereocenters.